The lowest BCUT2D eigenvalue weighted by Gasteiger charge is -2.36. The maximum Gasteiger partial charge on any atom is 0.410 e. The van der Waals surface area contributed by atoms with Gasteiger partial charge >= 0.3 is 6.09 Å². The molecule has 0 spiro atoms. The number of carbonyl (C=O) groups is 1. The van der Waals surface area contributed by atoms with Gasteiger partial charge in [0.15, 0.2) is 0 Å². The van der Waals surface area contributed by atoms with E-state index in [0.29, 0.717) is 13.1 Å². The van der Waals surface area contributed by atoms with Crippen molar-refractivity contribution in [2.24, 2.45) is 7.05 Å². The number of carbonyl (C=O) groups excluding carboxylic acids is 1. The molecule has 3 aromatic rings. The zero-order valence-electron chi connectivity index (χ0n) is 16.4. The first-order valence-corrected chi connectivity index (χ1v) is 9.38. The maximum atomic E-state index is 12.3. The first kappa shape index (κ1) is 17.6. The van der Waals surface area contributed by atoms with Crippen molar-refractivity contribution < 1.29 is 9.53 Å². The molecule has 27 heavy (non-hydrogen) atoms. The van der Waals surface area contributed by atoms with Crippen molar-refractivity contribution in [3.63, 3.8) is 0 Å². The summed E-state index contributed by atoms with van der Waals surface area (Å²) in [5.74, 6) is 0. The Morgan fingerprint density at radius 3 is 2.48 bits per heavy atom. The molecule has 142 valence electrons. The minimum Gasteiger partial charge on any atom is -0.444 e. The Labute approximate surface area is 159 Å². The normalized spacial score (nSPS) is 15.6. The van der Waals surface area contributed by atoms with Crippen LogP contribution in [0.3, 0.4) is 0 Å². The number of fused-ring (bicyclic) bond motifs is 3. The molecule has 1 fully saturated rings. The molecule has 6 heteroatoms. The summed E-state index contributed by atoms with van der Waals surface area (Å²) >= 11 is 0. The van der Waals surface area contributed by atoms with Crippen LogP contribution in [0.5, 0.6) is 0 Å². The van der Waals surface area contributed by atoms with E-state index in [0.717, 1.165) is 13.1 Å². The number of aromatic nitrogens is 2. The predicted octanol–water partition coefficient (Wildman–Crippen LogP) is 3.78. The SMILES string of the molecule is Cn1c2ccncc2c2ccc(N3CCN(C(=O)OC(C)(C)C)CC3)cc21. The lowest BCUT2D eigenvalue weighted by molar-refractivity contribution is 0.0240. The molecule has 0 aliphatic carbocycles. The van der Waals surface area contributed by atoms with Crippen molar-refractivity contribution >= 4 is 33.6 Å². The largest absolute Gasteiger partial charge is 0.444 e. The van der Waals surface area contributed by atoms with Gasteiger partial charge < -0.3 is 19.1 Å². The molecule has 1 aromatic carbocycles. The summed E-state index contributed by atoms with van der Waals surface area (Å²) in [5, 5.41) is 2.40. The average Bonchev–Trinajstić information content (AvgIpc) is 2.93. The van der Waals surface area contributed by atoms with E-state index < -0.39 is 5.60 Å². The number of hydrogen-bond donors (Lipinski definition) is 0. The summed E-state index contributed by atoms with van der Waals surface area (Å²) < 4.78 is 7.70. The van der Waals surface area contributed by atoms with Gasteiger partial charge in [-0.3, -0.25) is 4.98 Å². The third kappa shape index (κ3) is 3.31. The Bertz CT molecular complexity index is 994. The monoisotopic (exact) mass is 366 g/mol. The van der Waals surface area contributed by atoms with Crippen LogP contribution in [0, 0.1) is 0 Å². The second-order valence-electron chi connectivity index (χ2n) is 8.11. The van der Waals surface area contributed by atoms with E-state index in [1.807, 2.05) is 33.2 Å². The number of rotatable bonds is 1. The van der Waals surface area contributed by atoms with Crippen molar-refractivity contribution in [3.05, 3.63) is 36.7 Å². The van der Waals surface area contributed by atoms with Crippen molar-refractivity contribution in [2.45, 2.75) is 26.4 Å². The summed E-state index contributed by atoms with van der Waals surface area (Å²) in [4.78, 5) is 20.6. The standard InChI is InChI=1S/C21H26N4O2/c1-21(2,3)27-20(26)25-11-9-24(10-12-25)15-5-6-16-17-14-22-8-7-18(17)23(4)19(16)13-15/h5-8,13-14H,9-12H2,1-4H3. The Morgan fingerprint density at radius 2 is 1.78 bits per heavy atom. The molecule has 1 saturated heterocycles. The number of benzene rings is 1. The number of amides is 1. The molecule has 1 aliphatic heterocycles. The van der Waals surface area contributed by atoms with Crippen LogP contribution in [-0.2, 0) is 11.8 Å². The Kier molecular flexibility index (Phi) is 4.21. The van der Waals surface area contributed by atoms with Gasteiger partial charge in [-0.2, -0.15) is 0 Å². The molecule has 3 heterocycles. The van der Waals surface area contributed by atoms with E-state index in [2.05, 4.69) is 45.8 Å². The highest BCUT2D eigenvalue weighted by Gasteiger charge is 2.26. The van der Waals surface area contributed by atoms with Crippen LogP contribution in [0.1, 0.15) is 20.8 Å². The topological polar surface area (TPSA) is 50.6 Å². The van der Waals surface area contributed by atoms with Gasteiger partial charge in [-0.1, -0.05) is 6.07 Å². The van der Waals surface area contributed by atoms with Gasteiger partial charge in [-0.15, -0.1) is 0 Å². The predicted molar refractivity (Wildman–Crippen MR) is 108 cm³/mol. The maximum absolute atomic E-state index is 12.3. The van der Waals surface area contributed by atoms with E-state index in [1.54, 1.807) is 4.90 Å². The molecule has 2 aromatic heterocycles. The second kappa shape index (κ2) is 6.44. The summed E-state index contributed by atoms with van der Waals surface area (Å²) in [5.41, 5.74) is 3.12. The highest BCUT2D eigenvalue weighted by Crippen LogP contribution is 2.31. The number of ether oxygens (including phenoxy) is 1. The fraction of sp³-hybridized carbons (Fsp3) is 0.429. The number of nitrogens with zero attached hydrogens (tertiary/aromatic N) is 4. The van der Waals surface area contributed by atoms with E-state index in [9.17, 15) is 4.79 Å². The first-order valence-electron chi connectivity index (χ1n) is 9.38. The van der Waals surface area contributed by atoms with Crippen molar-refractivity contribution in [1.82, 2.24) is 14.5 Å². The third-order valence-electron chi connectivity index (χ3n) is 5.09. The summed E-state index contributed by atoms with van der Waals surface area (Å²) in [6.07, 6.45) is 3.54. The van der Waals surface area contributed by atoms with E-state index in [-0.39, 0.29) is 6.09 Å². The summed E-state index contributed by atoms with van der Waals surface area (Å²) in [7, 11) is 2.09. The second-order valence-corrected chi connectivity index (χ2v) is 8.11. The van der Waals surface area contributed by atoms with E-state index >= 15 is 0 Å². The van der Waals surface area contributed by atoms with Gasteiger partial charge in [0.1, 0.15) is 5.60 Å². The minimum atomic E-state index is -0.456. The van der Waals surface area contributed by atoms with Gasteiger partial charge in [0.05, 0.1) is 11.0 Å². The third-order valence-corrected chi connectivity index (χ3v) is 5.09. The molecule has 1 aliphatic rings. The molecule has 1 amide bonds. The number of hydrogen-bond acceptors (Lipinski definition) is 4. The molecule has 4 rings (SSSR count). The zero-order valence-corrected chi connectivity index (χ0v) is 16.4. The summed E-state index contributed by atoms with van der Waals surface area (Å²) in [6, 6.07) is 8.62. The Morgan fingerprint density at radius 1 is 1.04 bits per heavy atom. The molecule has 0 atom stereocenters. The lowest BCUT2D eigenvalue weighted by atomic mass is 10.1. The van der Waals surface area contributed by atoms with Crippen molar-refractivity contribution in [2.75, 3.05) is 31.1 Å². The first-order chi connectivity index (χ1) is 12.8. The van der Waals surface area contributed by atoms with Gasteiger partial charge in [0.2, 0.25) is 0 Å². The molecular weight excluding hydrogens is 340 g/mol. The highest BCUT2D eigenvalue weighted by atomic mass is 16.6. The van der Waals surface area contributed by atoms with Crippen LogP contribution in [-0.4, -0.2) is 52.3 Å². The van der Waals surface area contributed by atoms with Crippen LogP contribution in [0.2, 0.25) is 0 Å². The minimum absolute atomic E-state index is 0.223. The molecule has 0 saturated carbocycles. The number of piperazine rings is 1. The van der Waals surface area contributed by atoms with Gasteiger partial charge in [-0.25, -0.2) is 4.79 Å². The Hall–Kier alpha value is -2.76. The lowest BCUT2D eigenvalue weighted by Crippen LogP contribution is -2.50. The van der Waals surface area contributed by atoms with Gasteiger partial charge in [-0.05, 0) is 39.0 Å². The van der Waals surface area contributed by atoms with Crippen LogP contribution >= 0.6 is 0 Å². The number of anilines is 1. The number of pyridine rings is 1. The van der Waals surface area contributed by atoms with Gasteiger partial charge in [0, 0.05) is 62.1 Å². The fourth-order valence-corrected chi connectivity index (χ4v) is 3.71. The number of aryl methyl sites for hydroxylation is 1. The molecular formula is C21H26N4O2. The quantitative estimate of drug-likeness (QED) is 0.658. The molecule has 0 N–H and O–H groups in total. The van der Waals surface area contributed by atoms with Gasteiger partial charge in [0.25, 0.3) is 0 Å². The average molecular weight is 366 g/mol. The fourth-order valence-electron chi connectivity index (χ4n) is 3.71. The highest BCUT2D eigenvalue weighted by molar-refractivity contribution is 6.08. The van der Waals surface area contributed by atoms with Crippen LogP contribution in [0.15, 0.2) is 36.7 Å². The smallest absolute Gasteiger partial charge is 0.410 e. The molecule has 0 unspecified atom stereocenters. The summed E-state index contributed by atoms with van der Waals surface area (Å²) in [6.45, 7) is 8.64. The van der Waals surface area contributed by atoms with Crippen molar-refractivity contribution in [1.29, 1.82) is 0 Å². The molecule has 0 bridgehead atoms. The van der Waals surface area contributed by atoms with Crippen LogP contribution < -0.4 is 4.90 Å². The van der Waals surface area contributed by atoms with Crippen LogP contribution in [0.25, 0.3) is 21.8 Å². The van der Waals surface area contributed by atoms with E-state index in [1.165, 1.54) is 27.5 Å². The van der Waals surface area contributed by atoms with Crippen LogP contribution in [0.4, 0.5) is 10.5 Å². The van der Waals surface area contributed by atoms with Crippen molar-refractivity contribution in [3.8, 4) is 0 Å². The van der Waals surface area contributed by atoms with E-state index in [4.69, 9.17) is 4.74 Å². The molecule has 6 nitrogen and oxygen atoms in total. The zero-order chi connectivity index (χ0) is 19.2. The molecule has 0 radical (unpaired) electrons. The Balaban J connectivity index is 1.53.